The van der Waals surface area contributed by atoms with Gasteiger partial charge in [-0.1, -0.05) is 29.3 Å². The van der Waals surface area contributed by atoms with Crippen LogP contribution in [0.3, 0.4) is 0 Å². The van der Waals surface area contributed by atoms with Gasteiger partial charge in [0.05, 0.1) is 37.0 Å². The van der Waals surface area contributed by atoms with Gasteiger partial charge in [0, 0.05) is 17.2 Å². The van der Waals surface area contributed by atoms with E-state index in [-0.39, 0.29) is 6.54 Å². The first-order chi connectivity index (χ1) is 12.9. The van der Waals surface area contributed by atoms with Crippen molar-refractivity contribution in [1.82, 2.24) is 10.7 Å². The van der Waals surface area contributed by atoms with Gasteiger partial charge in [-0.15, -0.1) is 0 Å². The average Bonchev–Trinajstić information content (AvgIpc) is 2.67. The highest BCUT2D eigenvalue weighted by molar-refractivity contribution is 6.38. The Labute approximate surface area is 166 Å². The number of methoxy groups -OCH3 is 2. The van der Waals surface area contributed by atoms with E-state index in [0.717, 1.165) is 0 Å². The Morgan fingerprint density at radius 1 is 1.07 bits per heavy atom. The lowest BCUT2D eigenvalue weighted by Crippen LogP contribution is -2.34. The van der Waals surface area contributed by atoms with Crippen molar-refractivity contribution in [3.63, 3.8) is 0 Å². The molecule has 2 aromatic carbocycles. The van der Waals surface area contributed by atoms with Crippen LogP contribution in [0.4, 0.5) is 0 Å². The van der Waals surface area contributed by atoms with Crippen molar-refractivity contribution in [1.29, 1.82) is 0 Å². The summed E-state index contributed by atoms with van der Waals surface area (Å²) in [6, 6.07) is 9.71. The number of nitrogens with zero attached hydrogens (tertiary/aromatic N) is 1. The number of carbonyl (C=O) groups is 2. The van der Waals surface area contributed by atoms with Crippen molar-refractivity contribution in [3.05, 3.63) is 57.6 Å². The number of hydrazone groups is 1. The van der Waals surface area contributed by atoms with Crippen LogP contribution < -0.4 is 20.2 Å². The van der Waals surface area contributed by atoms with Crippen molar-refractivity contribution in [2.75, 3.05) is 20.8 Å². The third kappa shape index (κ3) is 5.87. The van der Waals surface area contributed by atoms with E-state index in [1.165, 1.54) is 32.6 Å². The van der Waals surface area contributed by atoms with E-state index >= 15 is 0 Å². The zero-order valence-electron chi connectivity index (χ0n) is 14.6. The summed E-state index contributed by atoms with van der Waals surface area (Å²) in [6.45, 7) is -0.272. The van der Waals surface area contributed by atoms with Gasteiger partial charge in [-0.3, -0.25) is 9.59 Å². The highest BCUT2D eigenvalue weighted by Crippen LogP contribution is 2.23. The first kappa shape index (κ1) is 20.5. The van der Waals surface area contributed by atoms with Crippen molar-refractivity contribution >= 4 is 41.2 Å². The van der Waals surface area contributed by atoms with Gasteiger partial charge in [-0.25, -0.2) is 5.43 Å². The van der Waals surface area contributed by atoms with Crippen LogP contribution in [0.1, 0.15) is 15.9 Å². The van der Waals surface area contributed by atoms with Gasteiger partial charge in [-0.2, -0.15) is 5.10 Å². The molecule has 0 fully saturated rings. The SMILES string of the molecule is COc1cc(OC)cc(C(=O)NCC(=O)N/N=C/c2c(Cl)cccc2Cl)c1. The van der Waals surface area contributed by atoms with E-state index in [1.54, 1.807) is 24.3 Å². The van der Waals surface area contributed by atoms with Gasteiger partial charge in [0.25, 0.3) is 11.8 Å². The normalized spacial score (nSPS) is 10.5. The van der Waals surface area contributed by atoms with Crippen LogP contribution >= 0.6 is 23.2 Å². The minimum Gasteiger partial charge on any atom is -0.497 e. The molecule has 0 heterocycles. The van der Waals surface area contributed by atoms with Crippen LogP contribution in [0.15, 0.2) is 41.5 Å². The molecule has 2 rings (SSSR count). The zero-order valence-corrected chi connectivity index (χ0v) is 16.1. The Morgan fingerprint density at radius 3 is 2.22 bits per heavy atom. The molecule has 0 atom stereocenters. The van der Waals surface area contributed by atoms with Gasteiger partial charge in [-0.05, 0) is 24.3 Å². The monoisotopic (exact) mass is 409 g/mol. The maximum atomic E-state index is 12.2. The number of hydrogen-bond donors (Lipinski definition) is 2. The lowest BCUT2D eigenvalue weighted by Gasteiger charge is -2.09. The Balaban J connectivity index is 1.92. The van der Waals surface area contributed by atoms with E-state index in [1.807, 2.05) is 0 Å². The highest BCUT2D eigenvalue weighted by atomic mass is 35.5. The minimum atomic E-state index is -0.516. The van der Waals surface area contributed by atoms with Crippen molar-refractivity contribution in [3.8, 4) is 11.5 Å². The summed E-state index contributed by atoms with van der Waals surface area (Å²) in [4.78, 5) is 24.0. The third-order valence-corrected chi connectivity index (χ3v) is 4.06. The maximum Gasteiger partial charge on any atom is 0.259 e. The lowest BCUT2D eigenvalue weighted by atomic mass is 10.2. The molecule has 0 radical (unpaired) electrons. The Hall–Kier alpha value is -2.77. The number of nitrogens with one attached hydrogen (secondary N) is 2. The van der Waals surface area contributed by atoms with Gasteiger partial charge in [0.15, 0.2) is 0 Å². The van der Waals surface area contributed by atoms with Gasteiger partial charge in [0.1, 0.15) is 11.5 Å². The quantitative estimate of drug-likeness (QED) is 0.543. The van der Waals surface area contributed by atoms with E-state index in [9.17, 15) is 9.59 Å². The topological polar surface area (TPSA) is 89.0 Å². The maximum absolute atomic E-state index is 12.2. The fourth-order valence-corrected chi connectivity index (χ4v) is 2.54. The number of rotatable bonds is 7. The molecule has 0 saturated heterocycles. The van der Waals surface area contributed by atoms with Crippen LogP contribution in [-0.2, 0) is 4.79 Å². The molecule has 2 N–H and O–H groups in total. The van der Waals surface area contributed by atoms with Crippen LogP contribution in [-0.4, -0.2) is 38.8 Å². The van der Waals surface area contributed by atoms with Crippen molar-refractivity contribution < 1.29 is 19.1 Å². The second-order valence-corrected chi connectivity index (χ2v) is 6.03. The van der Waals surface area contributed by atoms with Gasteiger partial charge in [0.2, 0.25) is 0 Å². The fourth-order valence-electron chi connectivity index (χ4n) is 2.04. The van der Waals surface area contributed by atoms with E-state index in [0.29, 0.717) is 32.7 Å². The van der Waals surface area contributed by atoms with Gasteiger partial charge < -0.3 is 14.8 Å². The summed E-state index contributed by atoms with van der Waals surface area (Å²) in [5.74, 6) is -0.0477. The number of carbonyl (C=O) groups excluding carboxylic acids is 2. The standard InChI is InChI=1S/C18H17Cl2N3O4/c1-26-12-6-11(7-13(8-12)27-2)18(25)21-10-17(24)23-22-9-14-15(19)4-3-5-16(14)20/h3-9H,10H2,1-2H3,(H,21,25)(H,23,24)/b22-9+. The molecule has 27 heavy (non-hydrogen) atoms. The number of halogens is 2. The molecule has 0 aliphatic rings. The van der Waals surface area contributed by atoms with Crippen LogP contribution in [0.2, 0.25) is 10.0 Å². The molecule has 0 bridgehead atoms. The summed E-state index contributed by atoms with van der Waals surface area (Å²) >= 11 is 12.0. The minimum absolute atomic E-state index is 0.272. The molecule has 2 aromatic rings. The third-order valence-electron chi connectivity index (χ3n) is 3.41. The lowest BCUT2D eigenvalue weighted by molar-refractivity contribution is -0.120. The average molecular weight is 410 g/mol. The fraction of sp³-hybridized carbons (Fsp3) is 0.167. The molecule has 142 valence electrons. The molecule has 0 spiro atoms. The van der Waals surface area contributed by atoms with Crippen LogP contribution in [0.5, 0.6) is 11.5 Å². The summed E-state index contributed by atoms with van der Waals surface area (Å²) in [5, 5.41) is 7.08. The number of ether oxygens (including phenoxy) is 2. The predicted octanol–water partition coefficient (Wildman–Crippen LogP) is 2.89. The Morgan fingerprint density at radius 2 is 1.67 bits per heavy atom. The van der Waals surface area contributed by atoms with E-state index in [4.69, 9.17) is 32.7 Å². The molecule has 9 heteroatoms. The summed E-state index contributed by atoms with van der Waals surface area (Å²) < 4.78 is 10.2. The molecule has 0 aliphatic heterocycles. The summed E-state index contributed by atoms with van der Waals surface area (Å²) in [6.07, 6.45) is 1.33. The number of benzene rings is 2. The van der Waals surface area contributed by atoms with Gasteiger partial charge >= 0.3 is 0 Å². The first-order valence-corrected chi connectivity index (χ1v) is 8.47. The van der Waals surface area contributed by atoms with Crippen molar-refractivity contribution in [2.45, 2.75) is 0 Å². The smallest absolute Gasteiger partial charge is 0.259 e. The molecule has 0 aliphatic carbocycles. The van der Waals surface area contributed by atoms with Crippen molar-refractivity contribution in [2.24, 2.45) is 5.10 Å². The molecule has 0 saturated carbocycles. The highest BCUT2D eigenvalue weighted by Gasteiger charge is 2.11. The number of amides is 2. The molecule has 7 nitrogen and oxygen atoms in total. The molecular weight excluding hydrogens is 393 g/mol. The molecule has 0 aromatic heterocycles. The largest absolute Gasteiger partial charge is 0.497 e. The first-order valence-electron chi connectivity index (χ1n) is 7.71. The van der Waals surface area contributed by atoms with Crippen LogP contribution in [0.25, 0.3) is 0 Å². The second kappa shape index (κ2) is 9.80. The zero-order chi connectivity index (χ0) is 19.8. The predicted molar refractivity (Wildman–Crippen MR) is 104 cm³/mol. The van der Waals surface area contributed by atoms with E-state index < -0.39 is 11.8 Å². The summed E-state index contributed by atoms with van der Waals surface area (Å²) in [7, 11) is 2.96. The van der Waals surface area contributed by atoms with Crippen LogP contribution in [0, 0.1) is 0 Å². The molecule has 0 unspecified atom stereocenters. The Bertz CT molecular complexity index is 829. The molecular formula is C18H17Cl2N3O4. The Kier molecular flexibility index (Phi) is 7.45. The number of hydrogen-bond acceptors (Lipinski definition) is 5. The second-order valence-electron chi connectivity index (χ2n) is 5.21. The molecule has 2 amide bonds. The summed E-state index contributed by atoms with van der Waals surface area (Å²) in [5.41, 5.74) is 3.06. The van der Waals surface area contributed by atoms with E-state index in [2.05, 4.69) is 15.8 Å².